The molecule has 0 unspecified atom stereocenters. The standard InChI is InChI=1S/C34H36F3N5O5/c1-6-42-27-13-12-26(19-23(27)20-28(42)31(44)40-15-17-41(18-16-40)32(45)47-33(2,3)4)46-29-14-11-25(21-38-29)39(5)30(43)22-7-9-24(10-8-22)34(35,36)37/h7-14,19-21H,6,15-18H2,1-5H3. The first kappa shape index (κ1) is 33.3. The number of benzene rings is 2. The van der Waals surface area contributed by atoms with Gasteiger partial charge in [0.05, 0.1) is 17.4 Å². The number of rotatable bonds is 6. The van der Waals surface area contributed by atoms with Gasteiger partial charge in [0.25, 0.3) is 11.8 Å². The zero-order chi connectivity index (χ0) is 34.1. The molecule has 0 N–H and O–H groups in total. The van der Waals surface area contributed by atoms with Crippen molar-refractivity contribution in [3.05, 3.63) is 83.7 Å². The Morgan fingerprint density at radius 1 is 0.894 bits per heavy atom. The topological polar surface area (TPSA) is 97.2 Å². The summed E-state index contributed by atoms with van der Waals surface area (Å²) in [7, 11) is 1.50. The molecule has 1 saturated heterocycles. The van der Waals surface area contributed by atoms with Gasteiger partial charge in [-0.2, -0.15) is 13.2 Å². The van der Waals surface area contributed by atoms with Crippen LogP contribution in [0.5, 0.6) is 11.6 Å². The van der Waals surface area contributed by atoms with Gasteiger partial charge in [-0.3, -0.25) is 9.59 Å². The van der Waals surface area contributed by atoms with Crippen LogP contribution in [0.1, 0.15) is 54.1 Å². The smallest absolute Gasteiger partial charge is 0.416 e. The molecule has 0 aliphatic carbocycles. The molecule has 0 atom stereocenters. The Morgan fingerprint density at radius 3 is 2.13 bits per heavy atom. The number of alkyl halides is 3. The molecule has 2 aromatic carbocycles. The maximum Gasteiger partial charge on any atom is 0.416 e. The first-order valence-corrected chi connectivity index (χ1v) is 15.1. The highest BCUT2D eigenvalue weighted by atomic mass is 19.4. The number of pyridine rings is 1. The minimum atomic E-state index is -4.49. The van der Waals surface area contributed by atoms with Gasteiger partial charge in [-0.05, 0) is 82.3 Å². The molecule has 3 amide bonds. The second kappa shape index (κ2) is 13.0. The van der Waals surface area contributed by atoms with Crippen LogP contribution in [0.25, 0.3) is 10.9 Å². The predicted molar refractivity (Wildman–Crippen MR) is 170 cm³/mol. The average Bonchev–Trinajstić information content (AvgIpc) is 3.41. The van der Waals surface area contributed by atoms with E-state index in [2.05, 4.69) is 4.98 Å². The summed E-state index contributed by atoms with van der Waals surface area (Å²) >= 11 is 0. The summed E-state index contributed by atoms with van der Waals surface area (Å²) in [5, 5.41) is 0.804. The van der Waals surface area contributed by atoms with Crippen LogP contribution in [0, 0.1) is 0 Å². The van der Waals surface area contributed by atoms with Crippen LogP contribution in [-0.2, 0) is 17.5 Å². The molecule has 1 fully saturated rings. The number of amides is 3. The van der Waals surface area contributed by atoms with E-state index in [1.165, 1.54) is 18.1 Å². The van der Waals surface area contributed by atoms with Crippen LogP contribution in [0.15, 0.2) is 66.9 Å². The number of fused-ring (bicyclic) bond motifs is 1. The molecule has 2 aromatic heterocycles. The summed E-state index contributed by atoms with van der Waals surface area (Å²) in [5.74, 6) is 0.139. The molecule has 5 rings (SSSR count). The van der Waals surface area contributed by atoms with Crippen molar-refractivity contribution in [3.63, 3.8) is 0 Å². The summed E-state index contributed by atoms with van der Waals surface area (Å²) in [6.07, 6.45) is -3.44. The molecule has 3 heterocycles. The van der Waals surface area contributed by atoms with Crippen LogP contribution in [0.3, 0.4) is 0 Å². The normalized spacial score (nSPS) is 13.9. The fourth-order valence-electron chi connectivity index (χ4n) is 5.28. The Hall–Kier alpha value is -5.07. The Bertz CT molecular complexity index is 1770. The zero-order valence-corrected chi connectivity index (χ0v) is 26.8. The van der Waals surface area contributed by atoms with E-state index >= 15 is 0 Å². The Morgan fingerprint density at radius 2 is 1.55 bits per heavy atom. The number of carbonyl (C=O) groups excluding carboxylic acids is 3. The molecule has 0 spiro atoms. The summed E-state index contributed by atoms with van der Waals surface area (Å²) in [4.78, 5) is 47.8. The zero-order valence-electron chi connectivity index (χ0n) is 26.8. The first-order valence-electron chi connectivity index (χ1n) is 15.1. The second-order valence-corrected chi connectivity index (χ2v) is 12.2. The number of aryl methyl sites for hydroxylation is 1. The maximum absolute atomic E-state index is 13.6. The van der Waals surface area contributed by atoms with Crippen molar-refractivity contribution in [2.24, 2.45) is 0 Å². The number of aromatic nitrogens is 2. The minimum absolute atomic E-state index is 0.106. The highest BCUT2D eigenvalue weighted by Gasteiger charge is 2.31. The molecule has 0 saturated carbocycles. The third kappa shape index (κ3) is 7.50. The quantitative estimate of drug-likeness (QED) is 0.227. The van der Waals surface area contributed by atoms with Gasteiger partial charge in [0, 0.05) is 62.3 Å². The highest BCUT2D eigenvalue weighted by Crippen LogP contribution is 2.31. The number of hydrogen-bond donors (Lipinski definition) is 0. The second-order valence-electron chi connectivity index (χ2n) is 12.2. The van der Waals surface area contributed by atoms with Gasteiger partial charge in [-0.25, -0.2) is 9.78 Å². The van der Waals surface area contributed by atoms with Gasteiger partial charge in [0.2, 0.25) is 5.88 Å². The van der Waals surface area contributed by atoms with Crippen molar-refractivity contribution in [3.8, 4) is 11.6 Å². The van der Waals surface area contributed by atoms with E-state index in [0.717, 1.165) is 35.2 Å². The van der Waals surface area contributed by atoms with Crippen LogP contribution in [0.2, 0.25) is 0 Å². The third-order valence-corrected chi connectivity index (χ3v) is 7.72. The van der Waals surface area contributed by atoms with Crippen molar-refractivity contribution in [1.82, 2.24) is 19.4 Å². The van der Waals surface area contributed by atoms with E-state index in [9.17, 15) is 27.6 Å². The lowest BCUT2D eigenvalue weighted by molar-refractivity contribution is -0.137. The average molecular weight is 652 g/mol. The molecular formula is C34H36F3N5O5. The Balaban J connectivity index is 1.25. The number of ether oxygens (including phenoxy) is 2. The van der Waals surface area contributed by atoms with Gasteiger partial charge in [0.15, 0.2) is 0 Å². The molecule has 13 heteroatoms. The van der Waals surface area contributed by atoms with E-state index in [1.807, 2.05) is 50.5 Å². The van der Waals surface area contributed by atoms with Gasteiger partial charge >= 0.3 is 12.3 Å². The lowest BCUT2D eigenvalue weighted by Crippen LogP contribution is -2.51. The van der Waals surface area contributed by atoms with E-state index in [-0.39, 0.29) is 23.4 Å². The van der Waals surface area contributed by atoms with Crippen molar-refractivity contribution < 1.29 is 37.0 Å². The van der Waals surface area contributed by atoms with Crippen LogP contribution in [-0.4, -0.2) is 76.1 Å². The largest absolute Gasteiger partial charge is 0.444 e. The van der Waals surface area contributed by atoms with Crippen molar-refractivity contribution in [2.75, 3.05) is 38.1 Å². The number of carbonyl (C=O) groups is 3. The van der Waals surface area contributed by atoms with Crippen molar-refractivity contribution in [1.29, 1.82) is 0 Å². The number of halogens is 3. The molecule has 0 bridgehead atoms. The lowest BCUT2D eigenvalue weighted by atomic mass is 10.1. The molecule has 248 valence electrons. The third-order valence-electron chi connectivity index (χ3n) is 7.72. The lowest BCUT2D eigenvalue weighted by Gasteiger charge is -2.35. The molecule has 4 aromatic rings. The SMILES string of the molecule is CCn1c(C(=O)N2CCN(C(=O)OC(C)(C)C)CC2)cc2cc(Oc3ccc(N(C)C(=O)c4ccc(C(F)(F)F)cc4)cn3)ccc21. The number of nitrogens with zero attached hydrogens (tertiary/aromatic N) is 5. The van der Waals surface area contributed by atoms with E-state index in [1.54, 1.807) is 28.0 Å². The number of anilines is 1. The van der Waals surface area contributed by atoms with Gasteiger partial charge in [-0.1, -0.05) is 0 Å². The summed E-state index contributed by atoms with van der Waals surface area (Å²) < 4.78 is 52.0. The first-order chi connectivity index (χ1) is 22.1. The van der Waals surface area contributed by atoms with Gasteiger partial charge < -0.3 is 28.7 Å². The summed E-state index contributed by atoms with van der Waals surface area (Å²) in [6.45, 7) is 9.55. The van der Waals surface area contributed by atoms with Crippen LogP contribution >= 0.6 is 0 Å². The van der Waals surface area contributed by atoms with Gasteiger partial charge in [-0.15, -0.1) is 0 Å². The molecule has 1 aliphatic rings. The molecular weight excluding hydrogens is 615 g/mol. The fourth-order valence-corrected chi connectivity index (χ4v) is 5.28. The number of hydrogen-bond acceptors (Lipinski definition) is 6. The van der Waals surface area contributed by atoms with E-state index < -0.39 is 23.2 Å². The van der Waals surface area contributed by atoms with Crippen molar-refractivity contribution in [2.45, 2.75) is 46.0 Å². The maximum atomic E-state index is 13.6. The number of piperazine rings is 1. The van der Waals surface area contributed by atoms with Crippen LogP contribution in [0.4, 0.5) is 23.7 Å². The Kier molecular flexibility index (Phi) is 9.19. The van der Waals surface area contributed by atoms with Gasteiger partial charge in [0.1, 0.15) is 17.0 Å². The minimum Gasteiger partial charge on any atom is -0.444 e. The molecule has 10 nitrogen and oxygen atoms in total. The summed E-state index contributed by atoms with van der Waals surface area (Å²) in [5.41, 5.74) is 0.506. The fraction of sp³-hybridized carbons (Fsp3) is 0.353. The highest BCUT2D eigenvalue weighted by molar-refractivity contribution is 6.05. The summed E-state index contributed by atoms with van der Waals surface area (Å²) in [6, 6.07) is 14.5. The molecule has 47 heavy (non-hydrogen) atoms. The van der Waals surface area contributed by atoms with E-state index in [0.29, 0.717) is 49.9 Å². The van der Waals surface area contributed by atoms with E-state index in [4.69, 9.17) is 9.47 Å². The van der Waals surface area contributed by atoms with Crippen molar-refractivity contribution >= 4 is 34.5 Å². The predicted octanol–water partition coefficient (Wildman–Crippen LogP) is 6.84. The molecule has 1 aliphatic heterocycles. The Labute approximate surface area is 270 Å². The molecule has 0 radical (unpaired) electrons. The monoisotopic (exact) mass is 651 g/mol. The van der Waals surface area contributed by atoms with Crippen LogP contribution < -0.4 is 9.64 Å².